The van der Waals surface area contributed by atoms with Crippen molar-refractivity contribution in [3.8, 4) is 0 Å². The van der Waals surface area contributed by atoms with Crippen LogP contribution in [-0.4, -0.2) is 16.3 Å². The number of amides is 1. The monoisotopic (exact) mass is 278 g/mol. The predicted molar refractivity (Wildman–Crippen MR) is 75.4 cm³/mol. The van der Waals surface area contributed by atoms with Crippen LogP contribution in [-0.2, 0) is 11.3 Å². The predicted octanol–water partition coefficient (Wildman–Crippen LogP) is 2.76. The number of carbonyl (C=O) groups is 2. The molecule has 0 unspecified atom stereocenters. The number of primary amides is 1. The average Bonchev–Trinajstić information content (AvgIpc) is 2.67. The van der Waals surface area contributed by atoms with Crippen LogP contribution in [0.5, 0.6) is 0 Å². The molecule has 0 saturated heterocycles. The summed E-state index contributed by atoms with van der Waals surface area (Å²) < 4.78 is 1.96. The molecule has 0 bridgehead atoms. The molecule has 0 aliphatic rings. The van der Waals surface area contributed by atoms with Crippen LogP contribution in [0.25, 0.3) is 10.9 Å². The standard InChI is InChI=1S/C14H15ClN2O2/c1-9(18)12-8-17(6-2-3-14(16)19)13-5-4-10(15)7-11(12)13/h4-5,7-8H,2-3,6H2,1H3,(H2,16,19). The van der Waals surface area contributed by atoms with Crippen molar-refractivity contribution in [1.29, 1.82) is 0 Å². The van der Waals surface area contributed by atoms with Gasteiger partial charge in [0.05, 0.1) is 0 Å². The number of hydrogen-bond acceptors (Lipinski definition) is 2. The third kappa shape index (κ3) is 2.96. The summed E-state index contributed by atoms with van der Waals surface area (Å²) >= 11 is 5.97. The van der Waals surface area contributed by atoms with Crippen LogP contribution in [0, 0.1) is 0 Å². The zero-order valence-corrected chi connectivity index (χ0v) is 11.4. The third-order valence-electron chi connectivity index (χ3n) is 3.04. The van der Waals surface area contributed by atoms with Crippen molar-refractivity contribution in [3.05, 3.63) is 35.0 Å². The van der Waals surface area contributed by atoms with Gasteiger partial charge < -0.3 is 10.3 Å². The summed E-state index contributed by atoms with van der Waals surface area (Å²) in [6.07, 6.45) is 2.80. The number of aryl methyl sites for hydroxylation is 1. The Labute approximate surface area is 116 Å². The van der Waals surface area contributed by atoms with Gasteiger partial charge in [-0.05, 0) is 31.5 Å². The molecule has 1 amide bonds. The van der Waals surface area contributed by atoms with E-state index in [2.05, 4.69) is 0 Å². The molecule has 1 aromatic carbocycles. The van der Waals surface area contributed by atoms with E-state index in [-0.39, 0.29) is 11.7 Å². The van der Waals surface area contributed by atoms with Crippen molar-refractivity contribution >= 4 is 34.2 Å². The van der Waals surface area contributed by atoms with Gasteiger partial charge in [0.1, 0.15) is 0 Å². The Hall–Kier alpha value is -1.81. The molecule has 0 radical (unpaired) electrons. The Morgan fingerprint density at radius 1 is 1.37 bits per heavy atom. The van der Waals surface area contributed by atoms with E-state index in [0.29, 0.717) is 30.0 Å². The minimum Gasteiger partial charge on any atom is -0.370 e. The van der Waals surface area contributed by atoms with E-state index in [1.54, 1.807) is 12.1 Å². The van der Waals surface area contributed by atoms with Gasteiger partial charge >= 0.3 is 0 Å². The van der Waals surface area contributed by atoms with Crippen molar-refractivity contribution in [2.45, 2.75) is 26.3 Å². The molecule has 0 fully saturated rings. The summed E-state index contributed by atoms with van der Waals surface area (Å²) in [6.45, 7) is 2.18. The van der Waals surface area contributed by atoms with Gasteiger partial charge in [-0.1, -0.05) is 11.6 Å². The molecule has 0 spiro atoms. The minimum absolute atomic E-state index is 0.000850. The summed E-state index contributed by atoms with van der Waals surface area (Å²) in [5.74, 6) is -0.313. The lowest BCUT2D eigenvalue weighted by atomic mass is 10.1. The summed E-state index contributed by atoms with van der Waals surface area (Å²) in [5.41, 5.74) is 6.72. The lowest BCUT2D eigenvalue weighted by Crippen LogP contribution is -2.11. The Morgan fingerprint density at radius 2 is 2.11 bits per heavy atom. The van der Waals surface area contributed by atoms with Crippen LogP contribution in [0.15, 0.2) is 24.4 Å². The minimum atomic E-state index is -0.314. The Morgan fingerprint density at radius 3 is 2.74 bits per heavy atom. The number of nitrogens with two attached hydrogens (primary N) is 1. The van der Waals surface area contributed by atoms with Crippen LogP contribution in [0.2, 0.25) is 5.02 Å². The first-order valence-electron chi connectivity index (χ1n) is 6.06. The molecular formula is C14H15ClN2O2. The largest absolute Gasteiger partial charge is 0.370 e. The van der Waals surface area contributed by atoms with Gasteiger partial charge in [-0.25, -0.2) is 0 Å². The van der Waals surface area contributed by atoms with E-state index in [0.717, 1.165) is 10.9 Å². The van der Waals surface area contributed by atoms with Crippen LogP contribution in [0.3, 0.4) is 0 Å². The smallest absolute Gasteiger partial charge is 0.217 e. The number of nitrogens with zero attached hydrogens (tertiary/aromatic N) is 1. The molecule has 19 heavy (non-hydrogen) atoms. The molecule has 0 atom stereocenters. The second kappa shape index (κ2) is 5.45. The number of benzene rings is 1. The van der Waals surface area contributed by atoms with E-state index >= 15 is 0 Å². The fourth-order valence-electron chi connectivity index (χ4n) is 2.16. The number of halogens is 1. The lowest BCUT2D eigenvalue weighted by molar-refractivity contribution is -0.118. The highest BCUT2D eigenvalue weighted by atomic mass is 35.5. The first-order chi connectivity index (χ1) is 8.99. The molecule has 2 aromatic rings. The number of hydrogen-bond donors (Lipinski definition) is 1. The maximum Gasteiger partial charge on any atom is 0.217 e. The van der Waals surface area contributed by atoms with Gasteiger partial charge in [-0.2, -0.15) is 0 Å². The fraction of sp³-hybridized carbons (Fsp3) is 0.286. The summed E-state index contributed by atoms with van der Waals surface area (Å²) in [4.78, 5) is 22.4. The number of ketones is 1. The summed E-state index contributed by atoms with van der Waals surface area (Å²) in [5, 5.41) is 1.45. The first kappa shape index (κ1) is 13.6. The second-order valence-electron chi connectivity index (χ2n) is 4.52. The van der Waals surface area contributed by atoms with Crippen LogP contribution < -0.4 is 5.73 Å². The topological polar surface area (TPSA) is 65.1 Å². The normalized spacial score (nSPS) is 10.8. The molecule has 2 N–H and O–H groups in total. The van der Waals surface area contributed by atoms with Gasteiger partial charge in [-0.3, -0.25) is 9.59 Å². The molecular weight excluding hydrogens is 264 g/mol. The molecule has 4 nitrogen and oxygen atoms in total. The maximum atomic E-state index is 11.6. The van der Waals surface area contributed by atoms with E-state index < -0.39 is 0 Å². The van der Waals surface area contributed by atoms with Crippen molar-refractivity contribution in [3.63, 3.8) is 0 Å². The van der Waals surface area contributed by atoms with Crippen molar-refractivity contribution in [2.24, 2.45) is 5.73 Å². The average molecular weight is 279 g/mol. The molecule has 1 heterocycles. The molecule has 0 saturated carbocycles. The van der Waals surface area contributed by atoms with E-state index in [4.69, 9.17) is 17.3 Å². The number of Topliss-reactive ketones (excluding diaryl/α,β-unsaturated/α-hetero) is 1. The number of carbonyl (C=O) groups excluding carboxylic acids is 2. The quantitative estimate of drug-likeness (QED) is 0.855. The zero-order valence-electron chi connectivity index (χ0n) is 10.6. The molecule has 0 aliphatic heterocycles. The number of rotatable bonds is 5. The van der Waals surface area contributed by atoms with Crippen molar-refractivity contribution in [2.75, 3.05) is 0 Å². The Kier molecular flexibility index (Phi) is 3.90. The highest BCUT2D eigenvalue weighted by Gasteiger charge is 2.12. The van der Waals surface area contributed by atoms with Gasteiger partial charge in [0.2, 0.25) is 5.91 Å². The summed E-state index contributed by atoms with van der Waals surface area (Å²) in [6, 6.07) is 5.46. The number of fused-ring (bicyclic) bond motifs is 1. The summed E-state index contributed by atoms with van der Waals surface area (Å²) in [7, 11) is 0. The van der Waals surface area contributed by atoms with E-state index in [1.165, 1.54) is 6.92 Å². The maximum absolute atomic E-state index is 11.6. The van der Waals surface area contributed by atoms with Crippen LogP contribution in [0.4, 0.5) is 0 Å². The van der Waals surface area contributed by atoms with Crippen molar-refractivity contribution in [1.82, 2.24) is 4.57 Å². The molecule has 0 aliphatic carbocycles. The Bertz CT molecular complexity index is 646. The van der Waals surface area contributed by atoms with Crippen LogP contribution in [0.1, 0.15) is 30.1 Å². The molecule has 2 rings (SSSR count). The molecule has 5 heteroatoms. The lowest BCUT2D eigenvalue weighted by Gasteiger charge is -2.04. The Balaban J connectivity index is 2.38. The van der Waals surface area contributed by atoms with Gasteiger partial charge in [0.15, 0.2) is 5.78 Å². The van der Waals surface area contributed by atoms with E-state index in [9.17, 15) is 9.59 Å². The fourth-order valence-corrected chi connectivity index (χ4v) is 2.33. The third-order valence-corrected chi connectivity index (χ3v) is 3.28. The highest BCUT2D eigenvalue weighted by Crippen LogP contribution is 2.25. The molecule has 1 aromatic heterocycles. The van der Waals surface area contributed by atoms with Crippen molar-refractivity contribution < 1.29 is 9.59 Å². The highest BCUT2D eigenvalue weighted by molar-refractivity contribution is 6.31. The molecule has 100 valence electrons. The second-order valence-corrected chi connectivity index (χ2v) is 4.96. The van der Waals surface area contributed by atoms with Gasteiger partial charge in [0, 0.05) is 40.7 Å². The number of aromatic nitrogens is 1. The zero-order chi connectivity index (χ0) is 14.0. The van der Waals surface area contributed by atoms with E-state index in [1.807, 2.05) is 16.8 Å². The van der Waals surface area contributed by atoms with Crippen LogP contribution >= 0.6 is 11.6 Å². The SMILES string of the molecule is CC(=O)c1cn(CCCC(N)=O)c2ccc(Cl)cc12. The van der Waals surface area contributed by atoms with Gasteiger partial charge in [-0.15, -0.1) is 0 Å². The van der Waals surface area contributed by atoms with Gasteiger partial charge in [0.25, 0.3) is 0 Å². The first-order valence-corrected chi connectivity index (χ1v) is 6.44.